The Bertz CT molecular complexity index is 1270. The highest BCUT2D eigenvalue weighted by Crippen LogP contribution is 2.23. The second-order valence-electron chi connectivity index (χ2n) is 7.90. The molecule has 0 spiro atoms. The first-order chi connectivity index (χ1) is 15.8. The molecule has 3 aromatic rings. The van der Waals surface area contributed by atoms with Crippen molar-refractivity contribution < 1.29 is 9.59 Å². The first-order valence-electron chi connectivity index (χ1n) is 10.5. The number of nitrogens with zero attached hydrogens (tertiary/aromatic N) is 4. The normalized spacial score (nSPS) is 13.9. The van der Waals surface area contributed by atoms with Crippen molar-refractivity contribution in [2.75, 3.05) is 31.1 Å². The number of nitrogens with one attached hydrogen (secondary N) is 1. The molecule has 0 unspecified atom stereocenters. The fourth-order valence-electron chi connectivity index (χ4n) is 3.80. The summed E-state index contributed by atoms with van der Waals surface area (Å²) in [5, 5.41) is 4.08. The van der Waals surface area contributed by atoms with Crippen molar-refractivity contribution in [3.8, 4) is 0 Å². The van der Waals surface area contributed by atoms with E-state index in [1.165, 1.54) is 10.9 Å². The number of benzene rings is 2. The molecule has 0 bridgehead atoms. The predicted molar refractivity (Wildman–Crippen MR) is 129 cm³/mol. The molecule has 8 nitrogen and oxygen atoms in total. The molecule has 33 heavy (non-hydrogen) atoms. The SMILES string of the molecule is CC(=O)N1CCN(c2ccc3ncn(CC(=O)NCc4ccc(Cl)c(Cl)c4)c(=O)c3c2)CC1. The van der Waals surface area contributed by atoms with Crippen molar-refractivity contribution in [3.05, 3.63) is 68.7 Å². The van der Waals surface area contributed by atoms with Crippen molar-refractivity contribution in [3.63, 3.8) is 0 Å². The lowest BCUT2D eigenvalue weighted by Crippen LogP contribution is -2.48. The van der Waals surface area contributed by atoms with E-state index in [0.717, 1.165) is 11.3 Å². The van der Waals surface area contributed by atoms with Gasteiger partial charge in [-0.15, -0.1) is 0 Å². The number of anilines is 1. The second kappa shape index (κ2) is 9.80. The zero-order chi connectivity index (χ0) is 23.5. The highest BCUT2D eigenvalue weighted by Gasteiger charge is 2.19. The van der Waals surface area contributed by atoms with E-state index in [1.807, 2.05) is 11.0 Å². The Morgan fingerprint density at radius 1 is 1.03 bits per heavy atom. The van der Waals surface area contributed by atoms with Crippen LogP contribution in [0, 0.1) is 0 Å². The molecular formula is C23H23Cl2N5O3. The minimum Gasteiger partial charge on any atom is -0.368 e. The molecular weight excluding hydrogens is 465 g/mol. The summed E-state index contributed by atoms with van der Waals surface area (Å²) in [6.07, 6.45) is 1.38. The summed E-state index contributed by atoms with van der Waals surface area (Å²) in [5.41, 5.74) is 1.98. The number of carbonyl (C=O) groups is 2. The fourth-order valence-corrected chi connectivity index (χ4v) is 4.12. The number of hydrogen-bond acceptors (Lipinski definition) is 5. The van der Waals surface area contributed by atoms with Gasteiger partial charge in [-0.25, -0.2) is 4.98 Å². The molecule has 0 atom stereocenters. The Labute approximate surface area is 200 Å². The summed E-state index contributed by atoms with van der Waals surface area (Å²) < 4.78 is 1.30. The van der Waals surface area contributed by atoms with Gasteiger partial charge < -0.3 is 15.1 Å². The molecule has 0 saturated carbocycles. The van der Waals surface area contributed by atoms with Gasteiger partial charge in [0.15, 0.2) is 0 Å². The number of amides is 2. The number of piperazine rings is 1. The third kappa shape index (κ3) is 5.29. The lowest BCUT2D eigenvalue weighted by molar-refractivity contribution is -0.129. The van der Waals surface area contributed by atoms with E-state index in [4.69, 9.17) is 23.2 Å². The van der Waals surface area contributed by atoms with Crippen LogP contribution in [0.4, 0.5) is 5.69 Å². The largest absolute Gasteiger partial charge is 0.368 e. The van der Waals surface area contributed by atoms with Crippen molar-refractivity contribution in [2.24, 2.45) is 0 Å². The number of carbonyl (C=O) groups excluding carboxylic acids is 2. The standard InChI is InChI=1S/C23H23Cl2N5O3/c1-15(31)28-6-8-29(9-7-28)17-3-5-21-18(11-17)23(33)30(14-27-21)13-22(32)26-12-16-2-4-19(24)20(25)10-16/h2-5,10-11,14H,6-9,12-13H2,1H3,(H,26,32). The maximum Gasteiger partial charge on any atom is 0.261 e. The Balaban J connectivity index is 1.46. The van der Waals surface area contributed by atoms with Crippen LogP contribution in [0.15, 0.2) is 47.5 Å². The molecule has 1 saturated heterocycles. The van der Waals surface area contributed by atoms with E-state index in [9.17, 15) is 14.4 Å². The molecule has 2 amide bonds. The van der Waals surface area contributed by atoms with Crippen molar-refractivity contribution in [1.29, 1.82) is 0 Å². The molecule has 2 aromatic carbocycles. The van der Waals surface area contributed by atoms with Crippen LogP contribution in [0.3, 0.4) is 0 Å². The second-order valence-corrected chi connectivity index (χ2v) is 8.71. The van der Waals surface area contributed by atoms with E-state index in [0.29, 0.717) is 47.1 Å². The monoisotopic (exact) mass is 487 g/mol. The van der Waals surface area contributed by atoms with Crippen LogP contribution in [-0.4, -0.2) is 52.4 Å². The van der Waals surface area contributed by atoms with Crippen molar-refractivity contribution in [2.45, 2.75) is 20.0 Å². The zero-order valence-corrected chi connectivity index (χ0v) is 19.6. The molecule has 2 heterocycles. The van der Waals surface area contributed by atoms with Crippen LogP contribution >= 0.6 is 23.2 Å². The molecule has 10 heteroatoms. The first kappa shape index (κ1) is 23.1. The van der Waals surface area contributed by atoms with Crippen LogP contribution in [0.1, 0.15) is 12.5 Å². The predicted octanol–water partition coefficient (Wildman–Crippen LogP) is 2.69. The maximum atomic E-state index is 13.0. The van der Waals surface area contributed by atoms with Crippen molar-refractivity contribution in [1.82, 2.24) is 19.8 Å². The minimum atomic E-state index is -0.319. The number of fused-ring (bicyclic) bond motifs is 1. The Morgan fingerprint density at radius 3 is 2.48 bits per heavy atom. The van der Waals surface area contributed by atoms with Crippen LogP contribution in [0.5, 0.6) is 0 Å². The van der Waals surface area contributed by atoms with E-state index in [-0.39, 0.29) is 30.5 Å². The van der Waals surface area contributed by atoms with Gasteiger partial charge in [0.2, 0.25) is 11.8 Å². The van der Waals surface area contributed by atoms with Crippen LogP contribution in [0.25, 0.3) is 10.9 Å². The van der Waals surface area contributed by atoms with E-state index < -0.39 is 0 Å². The van der Waals surface area contributed by atoms with Gasteiger partial charge in [0, 0.05) is 45.3 Å². The molecule has 0 aliphatic carbocycles. The first-order valence-corrected chi connectivity index (χ1v) is 11.3. The highest BCUT2D eigenvalue weighted by atomic mass is 35.5. The van der Waals surface area contributed by atoms with Gasteiger partial charge in [0.25, 0.3) is 5.56 Å². The molecule has 1 aromatic heterocycles. The van der Waals surface area contributed by atoms with Gasteiger partial charge in [-0.05, 0) is 35.9 Å². The number of aromatic nitrogens is 2. The fraction of sp³-hybridized carbons (Fsp3) is 0.304. The quantitative estimate of drug-likeness (QED) is 0.597. The smallest absolute Gasteiger partial charge is 0.261 e. The number of hydrogen-bond donors (Lipinski definition) is 1. The summed E-state index contributed by atoms with van der Waals surface area (Å²) in [7, 11) is 0. The summed E-state index contributed by atoms with van der Waals surface area (Å²) in [4.78, 5) is 45.3. The van der Waals surface area contributed by atoms with Gasteiger partial charge in [-0.1, -0.05) is 29.3 Å². The Kier molecular flexibility index (Phi) is 6.85. The number of halogens is 2. The van der Waals surface area contributed by atoms with Gasteiger partial charge in [-0.3, -0.25) is 19.0 Å². The molecule has 4 rings (SSSR count). The topological polar surface area (TPSA) is 87.5 Å². The van der Waals surface area contributed by atoms with E-state index in [1.54, 1.807) is 37.3 Å². The van der Waals surface area contributed by atoms with Gasteiger partial charge in [0.05, 0.1) is 27.3 Å². The van der Waals surface area contributed by atoms with E-state index in [2.05, 4.69) is 15.2 Å². The third-order valence-corrected chi connectivity index (χ3v) is 6.42. The van der Waals surface area contributed by atoms with Gasteiger partial charge in [0.1, 0.15) is 6.54 Å². The van der Waals surface area contributed by atoms with Crippen LogP contribution < -0.4 is 15.8 Å². The summed E-state index contributed by atoms with van der Waals surface area (Å²) >= 11 is 11.9. The lowest BCUT2D eigenvalue weighted by atomic mass is 10.2. The molecule has 1 fully saturated rings. The highest BCUT2D eigenvalue weighted by molar-refractivity contribution is 6.42. The molecule has 0 radical (unpaired) electrons. The molecule has 1 aliphatic heterocycles. The summed E-state index contributed by atoms with van der Waals surface area (Å²) in [6, 6.07) is 10.7. The van der Waals surface area contributed by atoms with Gasteiger partial charge >= 0.3 is 0 Å². The number of rotatable bonds is 5. The third-order valence-electron chi connectivity index (χ3n) is 5.69. The molecule has 1 N–H and O–H groups in total. The Hall–Kier alpha value is -3.10. The average Bonchev–Trinajstić information content (AvgIpc) is 2.81. The molecule has 172 valence electrons. The van der Waals surface area contributed by atoms with Crippen LogP contribution in [-0.2, 0) is 22.7 Å². The molecule has 1 aliphatic rings. The van der Waals surface area contributed by atoms with Crippen molar-refractivity contribution >= 4 is 51.6 Å². The summed E-state index contributed by atoms with van der Waals surface area (Å²) in [6.45, 7) is 4.35. The average molecular weight is 488 g/mol. The van der Waals surface area contributed by atoms with Gasteiger partial charge in [-0.2, -0.15) is 0 Å². The van der Waals surface area contributed by atoms with Crippen LogP contribution in [0.2, 0.25) is 10.0 Å². The zero-order valence-electron chi connectivity index (χ0n) is 18.1. The van der Waals surface area contributed by atoms with E-state index >= 15 is 0 Å². The Morgan fingerprint density at radius 2 is 1.79 bits per heavy atom. The summed E-state index contributed by atoms with van der Waals surface area (Å²) in [5.74, 6) is -0.251. The maximum absolute atomic E-state index is 13.0. The lowest BCUT2D eigenvalue weighted by Gasteiger charge is -2.35. The minimum absolute atomic E-state index is 0.0673.